The van der Waals surface area contributed by atoms with Crippen LogP contribution in [0.15, 0.2) is 65.6 Å². The summed E-state index contributed by atoms with van der Waals surface area (Å²) >= 11 is 0. The molecule has 2 aromatic carbocycles. The molecule has 0 fully saturated rings. The molecule has 144 valence electrons. The van der Waals surface area contributed by atoms with Crippen LogP contribution in [0.5, 0.6) is 0 Å². The molecule has 0 spiro atoms. The Morgan fingerprint density at radius 1 is 1.00 bits per heavy atom. The molecule has 0 aromatic heterocycles. The number of rotatable bonds is 10. The van der Waals surface area contributed by atoms with Gasteiger partial charge in [-0.3, -0.25) is 4.79 Å². The fraction of sp³-hybridized carbons (Fsp3) is 0.263. The van der Waals surface area contributed by atoms with Crippen LogP contribution in [0.25, 0.3) is 0 Å². The maximum atomic E-state index is 12.2. The Kier molecular flexibility index (Phi) is 7.51. The van der Waals surface area contributed by atoms with E-state index >= 15 is 0 Å². The third-order valence-electron chi connectivity index (χ3n) is 3.76. The summed E-state index contributed by atoms with van der Waals surface area (Å²) in [6.07, 6.45) is -0.239. The molecule has 0 bridgehead atoms. The van der Waals surface area contributed by atoms with Crippen LogP contribution in [-0.4, -0.2) is 43.8 Å². The number of aliphatic carboxylic acids is 1. The van der Waals surface area contributed by atoms with E-state index in [1.54, 1.807) is 18.2 Å². The van der Waals surface area contributed by atoms with Gasteiger partial charge in [0.15, 0.2) is 9.84 Å². The highest BCUT2D eigenvalue weighted by Crippen LogP contribution is 2.12. The Morgan fingerprint density at radius 3 is 2.19 bits per heavy atom. The Labute approximate surface area is 157 Å². The molecule has 8 heteroatoms. The van der Waals surface area contributed by atoms with Gasteiger partial charge in [0.05, 0.1) is 17.3 Å². The summed E-state index contributed by atoms with van der Waals surface area (Å²) in [5.74, 6) is -2.30. The van der Waals surface area contributed by atoms with Crippen molar-refractivity contribution in [1.29, 1.82) is 0 Å². The number of hydrogen-bond donors (Lipinski definition) is 2. The van der Waals surface area contributed by atoms with Gasteiger partial charge < -0.3 is 15.2 Å². The first-order valence-electron chi connectivity index (χ1n) is 8.30. The number of carbonyl (C=O) groups is 2. The molecular formula is C19H21NO6S. The molecule has 0 aliphatic heterocycles. The van der Waals surface area contributed by atoms with Crippen molar-refractivity contribution in [3.63, 3.8) is 0 Å². The van der Waals surface area contributed by atoms with E-state index in [-0.39, 0.29) is 30.3 Å². The minimum Gasteiger partial charge on any atom is -0.480 e. The van der Waals surface area contributed by atoms with Crippen molar-refractivity contribution in [2.45, 2.75) is 24.0 Å². The molecule has 2 aromatic rings. The second-order valence-electron chi connectivity index (χ2n) is 5.86. The van der Waals surface area contributed by atoms with Gasteiger partial charge in [-0.15, -0.1) is 0 Å². The zero-order chi connectivity index (χ0) is 19.7. The van der Waals surface area contributed by atoms with Gasteiger partial charge in [0, 0.05) is 0 Å². The molecule has 0 saturated heterocycles. The predicted octanol–water partition coefficient (Wildman–Crippen LogP) is 1.64. The van der Waals surface area contributed by atoms with E-state index in [1.165, 1.54) is 12.1 Å². The highest BCUT2D eigenvalue weighted by molar-refractivity contribution is 7.91. The van der Waals surface area contributed by atoms with E-state index in [4.69, 9.17) is 4.74 Å². The molecule has 1 atom stereocenters. The van der Waals surface area contributed by atoms with Crippen molar-refractivity contribution in [2.24, 2.45) is 0 Å². The smallest absolute Gasteiger partial charge is 0.326 e. The number of amides is 1. The number of nitrogens with one attached hydrogen (secondary N) is 1. The Morgan fingerprint density at radius 2 is 1.59 bits per heavy atom. The van der Waals surface area contributed by atoms with Gasteiger partial charge in [-0.25, -0.2) is 13.2 Å². The van der Waals surface area contributed by atoms with Crippen molar-refractivity contribution in [3.05, 3.63) is 66.2 Å². The SMILES string of the molecule is O=C(COCc1ccccc1)N[C@H](CCS(=O)(=O)c1ccccc1)C(=O)O. The zero-order valence-electron chi connectivity index (χ0n) is 14.6. The highest BCUT2D eigenvalue weighted by atomic mass is 32.2. The van der Waals surface area contributed by atoms with Crippen molar-refractivity contribution in [2.75, 3.05) is 12.4 Å². The largest absolute Gasteiger partial charge is 0.480 e. The lowest BCUT2D eigenvalue weighted by molar-refractivity contribution is -0.142. The summed E-state index contributed by atoms with van der Waals surface area (Å²) in [5, 5.41) is 11.5. The molecule has 0 heterocycles. The monoisotopic (exact) mass is 391 g/mol. The number of hydrogen-bond acceptors (Lipinski definition) is 5. The van der Waals surface area contributed by atoms with Crippen LogP contribution in [-0.2, 0) is 30.8 Å². The third kappa shape index (κ3) is 6.84. The van der Waals surface area contributed by atoms with Crippen LogP contribution in [0, 0.1) is 0 Å². The number of sulfone groups is 1. The molecular weight excluding hydrogens is 370 g/mol. The molecule has 0 radical (unpaired) electrons. The Balaban J connectivity index is 1.84. The lowest BCUT2D eigenvalue weighted by atomic mass is 10.2. The van der Waals surface area contributed by atoms with E-state index in [0.717, 1.165) is 5.56 Å². The lowest BCUT2D eigenvalue weighted by Gasteiger charge is -2.15. The summed E-state index contributed by atoms with van der Waals surface area (Å²) in [6.45, 7) is -0.0987. The van der Waals surface area contributed by atoms with E-state index < -0.39 is 27.8 Å². The van der Waals surface area contributed by atoms with Crippen LogP contribution < -0.4 is 5.32 Å². The zero-order valence-corrected chi connectivity index (χ0v) is 15.4. The van der Waals surface area contributed by atoms with E-state index in [2.05, 4.69) is 5.32 Å². The Hall–Kier alpha value is -2.71. The topological polar surface area (TPSA) is 110 Å². The Bertz CT molecular complexity index is 852. The van der Waals surface area contributed by atoms with Crippen molar-refractivity contribution in [3.8, 4) is 0 Å². The summed E-state index contributed by atoms with van der Waals surface area (Å²) in [4.78, 5) is 23.3. The molecule has 0 aliphatic carbocycles. The summed E-state index contributed by atoms with van der Waals surface area (Å²) in [5.41, 5.74) is 0.883. The van der Waals surface area contributed by atoms with Gasteiger partial charge in [0.25, 0.3) is 0 Å². The molecule has 1 amide bonds. The first kappa shape index (κ1) is 20.6. The van der Waals surface area contributed by atoms with Gasteiger partial charge in [-0.05, 0) is 24.1 Å². The summed E-state index contributed by atoms with van der Waals surface area (Å²) < 4.78 is 29.7. The average Bonchev–Trinajstić information content (AvgIpc) is 2.66. The standard InChI is InChI=1S/C19H21NO6S/c21-18(14-26-13-15-7-3-1-4-8-15)20-17(19(22)23)11-12-27(24,25)16-9-5-2-6-10-16/h1-10,17H,11-14H2,(H,20,21)(H,22,23)/t17-/m1/s1. The van der Waals surface area contributed by atoms with E-state index in [0.29, 0.717) is 0 Å². The van der Waals surface area contributed by atoms with Crippen LogP contribution in [0.4, 0.5) is 0 Å². The van der Waals surface area contributed by atoms with Gasteiger partial charge in [0.2, 0.25) is 5.91 Å². The van der Waals surface area contributed by atoms with Crippen molar-refractivity contribution >= 4 is 21.7 Å². The minimum atomic E-state index is -3.62. The normalized spacial score (nSPS) is 12.3. The second kappa shape index (κ2) is 9.84. The fourth-order valence-electron chi connectivity index (χ4n) is 2.35. The van der Waals surface area contributed by atoms with E-state index in [9.17, 15) is 23.1 Å². The average molecular weight is 391 g/mol. The minimum absolute atomic E-state index is 0.117. The molecule has 0 aliphatic rings. The van der Waals surface area contributed by atoms with Gasteiger partial charge in [-0.1, -0.05) is 48.5 Å². The lowest BCUT2D eigenvalue weighted by Crippen LogP contribution is -2.43. The number of carbonyl (C=O) groups excluding carboxylic acids is 1. The van der Waals surface area contributed by atoms with Crippen LogP contribution in [0.1, 0.15) is 12.0 Å². The number of carboxylic acids is 1. The van der Waals surface area contributed by atoms with Crippen molar-refractivity contribution < 1.29 is 27.9 Å². The van der Waals surface area contributed by atoms with Gasteiger partial charge in [0.1, 0.15) is 12.6 Å². The fourth-order valence-corrected chi connectivity index (χ4v) is 3.70. The third-order valence-corrected chi connectivity index (χ3v) is 5.52. The van der Waals surface area contributed by atoms with Crippen LogP contribution >= 0.6 is 0 Å². The first-order valence-corrected chi connectivity index (χ1v) is 9.95. The predicted molar refractivity (Wildman–Crippen MR) is 98.8 cm³/mol. The number of benzene rings is 2. The highest BCUT2D eigenvalue weighted by Gasteiger charge is 2.24. The molecule has 27 heavy (non-hydrogen) atoms. The maximum Gasteiger partial charge on any atom is 0.326 e. The number of ether oxygens (including phenoxy) is 1. The molecule has 2 N–H and O–H groups in total. The first-order chi connectivity index (χ1) is 12.9. The maximum absolute atomic E-state index is 12.2. The molecule has 0 unspecified atom stereocenters. The van der Waals surface area contributed by atoms with Gasteiger partial charge in [-0.2, -0.15) is 0 Å². The molecule has 7 nitrogen and oxygen atoms in total. The molecule has 0 saturated carbocycles. The number of carboxylic acid groups (broad SMARTS) is 1. The quantitative estimate of drug-likeness (QED) is 0.637. The summed E-state index contributed by atoms with van der Waals surface area (Å²) in [7, 11) is -3.62. The van der Waals surface area contributed by atoms with E-state index in [1.807, 2.05) is 30.3 Å². The van der Waals surface area contributed by atoms with Crippen LogP contribution in [0.2, 0.25) is 0 Å². The summed E-state index contributed by atoms with van der Waals surface area (Å²) in [6, 6.07) is 15.7. The van der Waals surface area contributed by atoms with Crippen LogP contribution in [0.3, 0.4) is 0 Å². The second-order valence-corrected chi connectivity index (χ2v) is 7.97. The van der Waals surface area contributed by atoms with Gasteiger partial charge >= 0.3 is 5.97 Å². The molecule has 2 rings (SSSR count). The van der Waals surface area contributed by atoms with Crippen molar-refractivity contribution in [1.82, 2.24) is 5.32 Å².